The van der Waals surface area contributed by atoms with Crippen molar-refractivity contribution in [1.29, 1.82) is 0 Å². The van der Waals surface area contributed by atoms with E-state index in [0.29, 0.717) is 36.0 Å². The monoisotopic (exact) mass is 554 g/mol. The quantitative estimate of drug-likeness (QED) is 0.320. The Morgan fingerprint density at radius 3 is 2.52 bits per heavy atom. The minimum atomic E-state index is 0. The molecule has 0 spiro atoms. The molecule has 154 valence electrons. The van der Waals surface area contributed by atoms with Gasteiger partial charge in [0.15, 0.2) is 17.5 Å². The molecule has 0 amide bonds. The molecule has 1 heterocycles. The number of benzene rings is 1. The van der Waals surface area contributed by atoms with E-state index in [9.17, 15) is 0 Å². The maximum Gasteiger partial charge on any atom is 0.191 e. The van der Waals surface area contributed by atoms with Gasteiger partial charge in [-0.3, -0.25) is 9.89 Å². The molecule has 0 bridgehead atoms. The van der Waals surface area contributed by atoms with Crippen LogP contribution in [0, 0.1) is 5.92 Å². The Labute approximate surface area is 188 Å². The van der Waals surface area contributed by atoms with Crippen LogP contribution < -0.4 is 20.1 Å². The zero-order chi connectivity index (χ0) is 19.3. The van der Waals surface area contributed by atoms with Gasteiger partial charge in [0.1, 0.15) is 0 Å². The third kappa shape index (κ3) is 6.39. The van der Waals surface area contributed by atoms with E-state index >= 15 is 0 Å². The van der Waals surface area contributed by atoms with Crippen molar-refractivity contribution in [3.05, 3.63) is 22.2 Å². The van der Waals surface area contributed by atoms with Crippen LogP contribution in [-0.4, -0.2) is 57.3 Å². The number of aliphatic imine (C=N–C) groups is 1. The molecule has 2 N–H and O–H groups in total. The van der Waals surface area contributed by atoms with Crippen molar-refractivity contribution in [2.75, 3.05) is 34.4 Å². The van der Waals surface area contributed by atoms with Gasteiger partial charge >= 0.3 is 0 Å². The summed E-state index contributed by atoms with van der Waals surface area (Å²) < 4.78 is 11.6. The summed E-state index contributed by atoms with van der Waals surface area (Å²) in [4.78, 5) is 6.88. The summed E-state index contributed by atoms with van der Waals surface area (Å²) in [5.41, 5.74) is 1.08. The summed E-state index contributed by atoms with van der Waals surface area (Å²) in [6.07, 6.45) is 0. The highest BCUT2D eigenvalue weighted by Crippen LogP contribution is 2.36. The Kier molecular flexibility index (Phi) is 10.2. The minimum absolute atomic E-state index is 0. The molecule has 0 saturated carbocycles. The van der Waals surface area contributed by atoms with E-state index in [0.717, 1.165) is 29.1 Å². The fourth-order valence-electron chi connectivity index (χ4n) is 3.24. The average molecular weight is 555 g/mol. The second-order valence-corrected chi connectivity index (χ2v) is 7.87. The molecule has 8 heteroatoms. The highest BCUT2D eigenvalue weighted by Gasteiger charge is 2.31. The Bertz CT molecular complexity index is 642. The third-order valence-corrected chi connectivity index (χ3v) is 5.46. The lowest BCUT2D eigenvalue weighted by Gasteiger charge is -2.22. The van der Waals surface area contributed by atoms with E-state index in [1.165, 1.54) is 0 Å². The van der Waals surface area contributed by atoms with Crippen LogP contribution in [-0.2, 0) is 6.54 Å². The van der Waals surface area contributed by atoms with Crippen molar-refractivity contribution in [3.63, 3.8) is 0 Å². The molecule has 1 aromatic rings. The molecule has 1 saturated heterocycles. The van der Waals surface area contributed by atoms with Gasteiger partial charge < -0.3 is 20.1 Å². The zero-order valence-corrected chi connectivity index (χ0v) is 20.9. The van der Waals surface area contributed by atoms with Crippen LogP contribution >= 0.6 is 39.9 Å². The molecule has 0 radical (unpaired) electrons. The first-order valence-electron chi connectivity index (χ1n) is 9.01. The fraction of sp³-hybridized carbons (Fsp3) is 0.632. The molecular weight excluding hydrogens is 523 g/mol. The topological polar surface area (TPSA) is 58.1 Å². The van der Waals surface area contributed by atoms with Crippen molar-refractivity contribution in [2.45, 2.75) is 39.4 Å². The number of methoxy groups -OCH3 is 2. The Morgan fingerprint density at radius 1 is 1.30 bits per heavy atom. The molecule has 27 heavy (non-hydrogen) atoms. The summed E-state index contributed by atoms with van der Waals surface area (Å²) in [7, 11) is 5.08. The molecule has 0 aliphatic carbocycles. The number of guanidine groups is 1. The normalized spacial score (nSPS) is 20.4. The number of hydrogen-bond donors (Lipinski definition) is 2. The molecule has 1 aliphatic rings. The van der Waals surface area contributed by atoms with Gasteiger partial charge in [-0.2, -0.15) is 0 Å². The number of halogens is 2. The Morgan fingerprint density at radius 2 is 2.00 bits per heavy atom. The molecule has 1 fully saturated rings. The second kappa shape index (κ2) is 11.3. The second-order valence-electron chi connectivity index (χ2n) is 7.01. The van der Waals surface area contributed by atoms with Gasteiger partial charge in [0.2, 0.25) is 0 Å². The first kappa shape index (κ1) is 24.3. The first-order valence-corrected chi connectivity index (χ1v) is 9.80. The lowest BCUT2D eigenvalue weighted by molar-refractivity contribution is 0.265. The highest BCUT2D eigenvalue weighted by atomic mass is 127. The van der Waals surface area contributed by atoms with Crippen LogP contribution in [0.15, 0.2) is 21.6 Å². The predicted octanol–water partition coefficient (Wildman–Crippen LogP) is 3.48. The summed E-state index contributed by atoms with van der Waals surface area (Å²) >= 11 is 3.54. The van der Waals surface area contributed by atoms with Crippen LogP contribution in [0.5, 0.6) is 11.5 Å². The maximum absolute atomic E-state index is 5.41. The molecule has 2 atom stereocenters. The van der Waals surface area contributed by atoms with Gasteiger partial charge in [-0.1, -0.05) is 6.92 Å². The molecule has 0 aromatic heterocycles. The lowest BCUT2D eigenvalue weighted by atomic mass is 10.1. The largest absolute Gasteiger partial charge is 0.493 e. The predicted molar refractivity (Wildman–Crippen MR) is 126 cm³/mol. The summed E-state index contributed by atoms with van der Waals surface area (Å²) in [5.74, 6) is 2.82. The summed E-state index contributed by atoms with van der Waals surface area (Å²) in [6.45, 7) is 9.59. The van der Waals surface area contributed by atoms with E-state index in [2.05, 4.69) is 57.2 Å². The van der Waals surface area contributed by atoms with E-state index in [1.54, 1.807) is 21.3 Å². The standard InChI is InChI=1S/C19H31BrN4O2.HI/c1-12(2)24-10-13(3)16(11-24)23-19(21-4)22-9-14-7-15(20)18(26-6)17(8-14)25-5;/h7-8,12-13,16H,9-11H2,1-6H3,(H2,21,22,23);1H. The van der Waals surface area contributed by atoms with Gasteiger partial charge in [0, 0.05) is 38.8 Å². The summed E-state index contributed by atoms with van der Waals surface area (Å²) in [6, 6.07) is 4.98. The molecule has 2 unspecified atom stereocenters. The van der Waals surface area contributed by atoms with Gasteiger partial charge in [-0.05, 0) is 53.4 Å². The SMILES string of the molecule is CN=C(NCc1cc(Br)c(OC)c(OC)c1)NC1CN(C(C)C)CC1C.I. The molecular formula is C19H32BrIN4O2. The van der Waals surface area contributed by atoms with E-state index in [-0.39, 0.29) is 24.0 Å². The van der Waals surface area contributed by atoms with Gasteiger partial charge in [-0.15, -0.1) is 24.0 Å². The summed E-state index contributed by atoms with van der Waals surface area (Å²) in [5, 5.41) is 6.96. The number of nitrogens with zero attached hydrogens (tertiary/aromatic N) is 2. The number of nitrogens with one attached hydrogen (secondary N) is 2. The number of likely N-dealkylation sites (tertiary alicyclic amines) is 1. The molecule has 1 aromatic carbocycles. The molecule has 2 rings (SSSR count). The number of ether oxygens (including phenoxy) is 2. The third-order valence-electron chi connectivity index (χ3n) is 4.87. The van der Waals surface area contributed by atoms with Gasteiger partial charge in [-0.25, -0.2) is 0 Å². The fourth-order valence-corrected chi connectivity index (χ4v) is 3.89. The van der Waals surface area contributed by atoms with Crippen LogP contribution in [0.3, 0.4) is 0 Å². The highest BCUT2D eigenvalue weighted by molar-refractivity contribution is 14.0. The molecule has 1 aliphatic heterocycles. The number of hydrogen-bond acceptors (Lipinski definition) is 4. The average Bonchev–Trinajstić information content (AvgIpc) is 2.98. The van der Waals surface area contributed by atoms with E-state index in [1.807, 2.05) is 12.1 Å². The van der Waals surface area contributed by atoms with Crippen LogP contribution in [0.4, 0.5) is 0 Å². The van der Waals surface area contributed by atoms with E-state index in [4.69, 9.17) is 9.47 Å². The van der Waals surface area contributed by atoms with Crippen molar-refractivity contribution in [1.82, 2.24) is 15.5 Å². The Balaban J connectivity index is 0.00000364. The maximum atomic E-state index is 5.41. The van der Waals surface area contributed by atoms with Gasteiger partial charge in [0.05, 0.1) is 18.7 Å². The Hall–Kier alpha value is -0.740. The van der Waals surface area contributed by atoms with Crippen molar-refractivity contribution in [3.8, 4) is 11.5 Å². The molecule has 6 nitrogen and oxygen atoms in total. The van der Waals surface area contributed by atoms with Crippen LogP contribution in [0.2, 0.25) is 0 Å². The smallest absolute Gasteiger partial charge is 0.191 e. The van der Waals surface area contributed by atoms with Crippen molar-refractivity contribution in [2.24, 2.45) is 10.9 Å². The lowest BCUT2D eigenvalue weighted by Crippen LogP contribution is -2.46. The van der Waals surface area contributed by atoms with Crippen molar-refractivity contribution >= 4 is 45.9 Å². The zero-order valence-electron chi connectivity index (χ0n) is 17.0. The van der Waals surface area contributed by atoms with E-state index < -0.39 is 0 Å². The van der Waals surface area contributed by atoms with Crippen molar-refractivity contribution < 1.29 is 9.47 Å². The van der Waals surface area contributed by atoms with Gasteiger partial charge in [0.25, 0.3) is 0 Å². The van der Waals surface area contributed by atoms with Crippen LogP contribution in [0.1, 0.15) is 26.3 Å². The van der Waals surface area contributed by atoms with Crippen LogP contribution in [0.25, 0.3) is 0 Å². The number of rotatable bonds is 6. The first-order chi connectivity index (χ1) is 12.4. The minimum Gasteiger partial charge on any atom is -0.493 e.